The number of carboxylic acids is 1. The zero-order valence-corrected chi connectivity index (χ0v) is 10.6. The van der Waals surface area contributed by atoms with Crippen LogP contribution in [0.1, 0.15) is 13.3 Å². The van der Waals surface area contributed by atoms with Crippen LogP contribution in [0.4, 0.5) is 0 Å². The second kappa shape index (κ2) is 8.95. The Kier molecular flexibility index (Phi) is 8.35. The second-order valence-electron chi connectivity index (χ2n) is 3.86. The van der Waals surface area contributed by atoms with E-state index in [-0.39, 0.29) is 12.4 Å². The van der Waals surface area contributed by atoms with Crippen molar-refractivity contribution in [1.82, 2.24) is 4.90 Å². The maximum atomic E-state index is 11.0. The van der Waals surface area contributed by atoms with E-state index in [1.807, 2.05) is 4.90 Å². The molecular weight excluding hydrogens is 226 g/mol. The summed E-state index contributed by atoms with van der Waals surface area (Å²) in [5.74, 6) is -1.61. The molecule has 0 saturated carbocycles. The number of carbonyl (C=O) groups excluding carboxylic acids is 1. The summed E-state index contributed by atoms with van der Waals surface area (Å²) in [6.45, 7) is 3.63. The van der Waals surface area contributed by atoms with Crippen molar-refractivity contribution in [3.05, 3.63) is 0 Å². The van der Waals surface area contributed by atoms with Gasteiger partial charge in [0, 0.05) is 26.7 Å². The Hall–Kier alpha value is -1.14. The first kappa shape index (κ1) is 15.9. The molecule has 0 aliphatic rings. The minimum absolute atomic E-state index is 0.257. The van der Waals surface area contributed by atoms with Crippen molar-refractivity contribution in [2.75, 3.05) is 40.5 Å². The lowest BCUT2D eigenvalue weighted by molar-refractivity contribution is -0.141. The molecule has 1 unspecified atom stereocenters. The zero-order chi connectivity index (χ0) is 13.3. The third kappa shape index (κ3) is 7.70. The van der Waals surface area contributed by atoms with Crippen LogP contribution in [0.2, 0.25) is 0 Å². The normalized spacial score (nSPS) is 12.5. The molecule has 1 atom stereocenters. The van der Waals surface area contributed by atoms with Crippen molar-refractivity contribution in [3.63, 3.8) is 0 Å². The summed E-state index contributed by atoms with van der Waals surface area (Å²) in [7, 11) is 2.92. The molecule has 0 heterocycles. The molecule has 0 aromatic carbocycles. The minimum Gasteiger partial charge on any atom is -0.481 e. The molecule has 0 fully saturated rings. The zero-order valence-electron chi connectivity index (χ0n) is 10.6. The van der Waals surface area contributed by atoms with E-state index < -0.39 is 11.9 Å². The predicted molar refractivity (Wildman–Crippen MR) is 61.7 cm³/mol. The van der Waals surface area contributed by atoms with Crippen molar-refractivity contribution < 1.29 is 24.2 Å². The Balaban J connectivity index is 4.12. The van der Waals surface area contributed by atoms with Gasteiger partial charge in [-0.25, -0.2) is 0 Å². The Morgan fingerprint density at radius 3 is 2.41 bits per heavy atom. The van der Waals surface area contributed by atoms with Crippen LogP contribution >= 0.6 is 0 Å². The lowest BCUT2D eigenvalue weighted by Crippen LogP contribution is -2.35. The first-order chi connectivity index (χ1) is 8.01. The van der Waals surface area contributed by atoms with Crippen molar-refractivity contribution in [1.29, 1.82) is 0 Å². The molecule has 0 aromatic rings. The van der Waals surface area contributed by atoms with Crippen LogP contribution in [0, 0.1) is 5.92 Å². The highest BCUT2D eigenvalue weighted by molar-refractivity contribution is 5.70. The quantitative estimate of drug-likeness (QED) is 0.587. The average molecular weight is 247 g/mol. The van der Waals surface area contributed by atoms with Crippen molar-refractivity contribution in [3.8, 4) is 0 Å². The van der Waals surface area contributed by atoms with E-state index >= 15 is 0 Å². The van der Waals surface area contributed by atoms with E-state index in [1.54, 1.807) is 14.0 Å². The van der Waals surface area contributed by atoms with E-state index in [0.717, 1.165) is 0 Å². The molecule has 6 nitrogen and oxygen atoms in total. The molecule has 1 N–H and O–H groups in total. The Morgan fingerprint density at radius 1 is 1.29 bits per heavy atom. The number of methoxy groups -OCH3 is 2. The summed E-state index contributed by atoms with van der Waals surface area (Å²) < 4.78 is 9.49. The fourth-order valence-electron chi connectivity index (χ4n) is 1.33. The fourth-order valence-corrected chi connectivity index (χ4v) is 1.33. The first-order valence-corrected chi connectivity index (χ1v) is 5.52. The third-order valence-corrected chi connectivity index (χ3v) is 2.43. The minimum atomic E-state index is -0.842. The summed E-state index contributed by atoms with van der Waals surface area (Å²) in [4.78, 5) is 23.7. The van der Waals surface area contributed by atoms with Gasteiger partial charge in [0.25, 0.3) is 0 Å². The molecule has 0 radical (unpaired) electrons. The molecule has 0 aliphatic carbocycles. The summed E-state index contributed by atoms with van der Waals surface area (Å²) in [5.41, 5.74) is 0. The predicted octanol–water partition coefficient (Wildman–Crippen LogP) is 0.219. The van der Waals surface area contributed by atoms with Crippen molar-refractivity contribution in [2.45, 2.75) is 13.3 Å². The Labute approximate surface area is 101 Å². The molecule has 0 saturated heterocycles. The second-order valence-corrected chi connectivity index (χ2v) is 3.86. The van der Waals surface area contributed by atoms with E-state index in [0.29, 0.717) is 26.2 Å². The number of hydrogen-bond acceptors (Lipinski definition) is 5. The van der Waals surface area contributed by atoms with Gasteiger partial charge in [0.05, 0.1) is 26.1 Å². The Bertz CT molecular complexity index is 244. The van der Waals surface area contributed by atoms with Gasteiger partial charge in [-0.05, 0) is 0 Å². The number of aliphatic carboxylic acids is 1. The Morgan fingerprint density at radius 2 is 1.94 bits per heavy atom. The molecule has 6 heteroatoms. The first-order valence-electron chi connectivity index (χ1n) is 5.52. The van der Waals surface area contributed by atoms with Gasteiger partial charge in [-0.3, -0.25) is 14.5 Å². The highest BCUT2D eigenvalue weighted by Gasteiger charge is 2.16. The maximum absolute atomic E-state index is 11.0. The van der Waals surface area contributed by atoms with Gasteiger partial charge in [-0.1, -0.05) is 6.92 Å². The van der Waals surface area contributed by atoms with Crippen LogP contribution in [0.3, 0.4) is 0 Å². The van der Waals surface area contributed by atoms with E-state index in [2.05, 4.69) is 4.74 Å². The molecule has 0 amide bonds. The summed E-state index contributed by atoms with van der Waals surface area (Å²) in [6.07, 6.45) is 0.257. The van der Waals surface area contributed by atoms with Gasteiger partial charge in [0.1, 0.15) is 0 Å². The average Bonchev–Trinajstić information content (AvgIpc) is 2.31. The summed E-state index contributed by atoms with van der Waals surface area (Å²) in [5, 5.41) is 8.83. The number of esters is 1. The van der Waals surface area contributed by atoms with Gasteiger partial charge in [0.2, 0.25) is 0 Å². The van der Waals surface area contributed by atoms with Gasteiger partial charge in [-0.2, -0.15) is 0 Å². The molecule has 0 spiro atoms. The largest absolute Gasteiger partial charge is 0.481 e. The molecule has 100 valence electrons. The van der Waals surface area contributed by atoms with Gasteiger partial charge < -0.3 is 14.6 Å². The summed E-state index contributed by atoms with van der Waals surface area (Å²) >= 11 is 0. The van der Waals surface area contributed by atoms with E-state index in [4.69, 9.17) is 9.84 Å². The third-order valence-electron chi connectivity index (χ3n) is 2.43. The highest BCUT2D eigenvalue weighted by Crippen LogP contribution is 2.02. The van der Waals surface area contributed by atoms with E-state index in [1.165, 1.54) is 7.11 Å². The standard InChI is InChI=1S/C11H21NO5/c1-9(11(14)15)8-12(6-7-16-2)5-4-10(13)17-3/h9H,4-8H2,1-3H3,(H,14,15). The van der Waals surface area contributed by atoms with Gasteiger partial charge in [-0.15, -0.1) is 0 Å². The number of hydrogen-bond donors (Lipinski definition) is 1. The number of nitrogens with zero attached hydrogens (tertiary/aromatic N) is 1. The van der Waals surface area contributed by atoms with Gasteiger partial charge in [0.15, 0.2) is 0 Å². The SMILES string of the molecule is COCCN(CCC(=O)OC)CC(C)C(=O)O. The highest BCUT2D eigenvalue weighted by atomic mass is 16.5. The van der Waals surface area contributed by atoms with Crippen LogP contribution in [-0.4, -0.2) is 62.4 Å². The fraction of sp³-hybridized carbons (Fsp3) is 0.818. The van der Waals surface area contributed by atoms with Crippen molar-refractivity contribution >= 4 is 11.9 Å². The summed E-state index contributed by atoms with van der Waals surface area (Å²) in [6, 6.07) is 0. The molecule has 0 bridgehead atoms. The van der Waals surface area contributed by atoms with Gasteiger partial charge >= 0.3 is 11.9 Å². The smallest absolute Gasteiger partial charge is 0.307 e. The molecule has 0 rings (SSSR count). The number of carboxylic acid groups (broad SMARTS) is 1. The molecule has 17 heavy (non-hydrogen) atoms. The maximum Gasteiger partial charge on any atom is 0.307 e. The van der Waals surface area contributed by atoms with Crippen LogP contribution in [-0.2, 0) is 19.1 Å². The molecular formula is C11H21NO5. The van der Waals surface area contributed by atoms with E-state index in [9.17, 15) is 9.59 Å². The van der Waals surface area contributed by atoms with Crippen LogP contribution in [0.25, 0.3) is 0 Å². The monoisotopic (exact) mass is 247 g/mol. The van der Waals surface area contributed by atoms with Crippen LogP contribution in [0.5, 0.6) is 0 Å². The van der Waals surface area contributed by atoms with Crippen LogP contribution < -0.4 is 0 Å². The lowest BCUT2D eigenvalue weighted by Gasteiger charge is -2.23. The number of carbonyl (C=O) groups is 2. The lowest BCUT2D eigenvalue weighted by atomic mass is 10.1. The van der Waals surface area contributed by atoms with Crippen molar-refractivity contribution in [2.24, 2.45) is 5.92 Å². The number of rotatable bonds is 9. The van der Waals surface area contributed by atoms with Crippen LogP contribution in [0.15, 0.2) is 0 Å². The topological polar surface area (TPSA) is 76.1 Å². The molecule has 0 aromatic heterocycles. The number of ether oxygens (including phenoxy) is 2. The molecule has 0 aliphatic heterocycles.